The van der Waals surface area contributed by atoms with Gasteiger partial charge in [0.15, 0.2) is 0 Å². The maximum absolute atomic E-state index is 12.3. The molecule has 1 heterocycles. The van der Waals surface area contributed by atoms with Crippen molar-refractivity contribution in [1.29, 1.82) is 5.26 Å². The average Bonchev–Trinajstić information content (AvgIpc) is 3.14. The van der Waals surface area contributed by atoms with Gasteiger partial charge in [-0.3, -0.25) is 14.9 Å². The molecule has 0 unspecified atom stereocenters. The highest BCUT2D eigenvalue weighted by Gasteiger charge is 2.17. The number of benzene rings is 2. The number of nitrogens with one attached hydrogen (secondary N) is 1. The number of nitriles is 1. The second-order valence-electron chi connectivity index (χ2n) is 5.61. The molecule has 0 aliphatic rings. The van der Waals surface area contributed by atoms with E-state index in [4.69, 9.17) is 16.0 Å². The molecule has 0 radical (unpaired) electrons. The number of carbonyl (C=O) groups is 1. The van der Waals surface area contributed by atoms with Gasteiger partial charge in [-0.2, -0.15) is 5.26 Å². The fourth-order valence-electron chi connectivity index (χ4n) is 2.47. The van der Waals surface area contributed by atoms with E-state index < -0.39 is 10.8 Å². The first-order valence-corrected chi connectivity index (χ1v) is 8.38. The minimum atomic E-state index is -0.631. The van der Waals surface area contributed by atoms with Crippen LogP contribution in [-0.2, 0) is 4.79 Å². The normalized spacial score (nSPS) is 10.9. The highest BCUT2D eigenvalue weighted by molar-refractivity contribution is 6.31. The summed E-state index contributed by atoms with van der Waals surface area (Å²) in [6, 6.07) is 17.5. The molecule has 3 rings (SSSR count). The lowest BCUT2D eigenvalue weighted by Gasteiger charge is -2.04. The smallest absolute Gasteiger partial charge is 0.280 e. The number of carbonyl (C=O) groups excluding carboxylic acids is 1. The van der Waals surface area contributed by atoms with Crippen molar-refractivity contribution in [2.45, 2.75) is 0 Å². The molecule has 0 saturated carbocycles. The molecule has 8 heteroatoms. The van der Waals surface area contributed by atoms with E-state index in [1.807, 2.05) is 6.07 Å². The molecule has 7 nitrogen and oxygen atoms in total. The number of hydrogen-bond acceptors (Lipinski definition) is 5. The van der Waals surface area contributed by atoms with Gasteiger partial charge in [-0.15, -0.1) is 0 Å². The summed E-state index contributed by atoms with van der Waals surface area (Å²) < 4.78 is 5.58. The SMILES string of the molecule is N#C/C(=C\c1ccc(-c2ccccc2[N+](=O)[O-])o1)C(=O)Nc1cccc(Cl)c1. The van der Waals surface area contributed by atoms with Crippen LogP contribution < -0.4 is 5.32 Å². The van der Waals surface area contributed by atoms with Gasteiger partial charge in [-0.1, -0.05) is 29.8 Å². The summed E-state index contributed by atoms with van der Waals surface area (Å²) in [5.74, 6) is -0.162. The first-order valence-electron chi connectivity index (χ1n) is 8.00. The number of para-hydroxylation sites is 1. The molecule has 0 saturated heterocycles. The summed E-state index contributed by atoms with van der Waals surface area (Å²) in [7, 11) is 0. The average molecular weight is 394 g/mol. The van der Waals surface area contributed by atoms with Gasteiger partial charge in [0.05, 0.1) is 10.5 Å². The number of anilines is 1. The van der Waals surface area contributed by atoms with E-state index in [0.29, 0.717) is 16.3 Å². The van der Waals surface area contributed by atoms with Gasteiger partial charge in [0.25, 0.3) is 11.6 Å². The van der Waals surface area contributed by atoms with Crippen LogP contribution >= 0.6 is 11.6 Å². The second kappa shape index (κ2) is 8.20. The van der Waals surface area contributed by atoms with E-state index in [-0.39, 0.29) is 22.8 Å². The summed E-state index contributed by atoms with van der Waals surface area (Å²) >= 11 is 5.87. The lowest BCUT2D eigenvalue weighted by atomic mass is 10.1. The summed E-state index contributed by atoms with van der Waals surface area (Å²) in [6.45, 7) is 0. The minimum Gasteiger partial charge on any atom is -0.456 e. The highest BCUT2D eigenvalue weighted by atomic mass is 35.5. The number of furan rings is 1. The zero-order chi connectivity index (χ0) is 20.1. The molecule has 0 bridgehead atoms. The Morgan fingerprint density at radius 2 is 1.96 bits per heavy atom. The predicted molar refractivity (Wildman–Crippen MR) is 104 cm³/mol. The van der Waals surface area contributed by atoms with E-state index in [9.17, 15) is 20.2 Å². The van der Waals surface area contributed by atoms with Crippen LogP contribution in [0.2, 0.25) is 5.02 Å². The fourth-order valence-corrected chi connectivity index (χ4v) is 2.66. The summed E-state index contributed by atoms with van der Waals surface area (Å²) in [4.78, 5) is 23.0. The number of amides is 1. The van der Waals surface area contributed by atoms with E-state index in [2.05, 4.69) is 5.32 Å². The van der Waals surface area contributed by atoms with Crippen LogP contribution in [0.5, 0.6) is 0 Å². The monoisotopic (exact) mass is 393 g/mol. The maximum Gasteiger partial charge on any atom is 0.280 e. The quantitative estimate of drug-likeness (QED) is 0.282. The van der Waals surface area contributed by atoms with Crippen molar-refractivity contribution in [3.8, 4) is 17.4 Å². The van der Waals surface area contributed by atoms with Crippen LogP contribution in [0.15, 0.2) is 70.7 Å². The Morgan fingerprint density at radius 1 is 1.18 bits per heavy atom. The molecule has 28 heavy (non-hydrogen) atoms. The molecule has 2 aromatic carbocycles. The van der Waals surface area contributed by atoms with E-state index >= 15 is 0 Å². The summed E-state index contributed by atoms with van der Waals surface area (Å²) in [5, 5.41) is 23.5. The van der Waals surface area contributed by atoms with Crippen LogP contribution in [-0.4, -0.2) is 10.8 Å². The van der Waals surface area contributed by atoms with Crippen molar-refractivity contribution in [2.75, 3.05) is 5.32 Å². The maximum atomic E-state index is 12.3. The second-order valence-corrected chi connectivity index (χ2v) is 6.05. The van der Waals surface area contributed by atoms with Crippen molar-refractivity contribution in [1.82, 2.24) is 0 Å². The zero-order valence-corrected chi connectivity index (χ0v) is 15.0. The van der Waals surface area contributed by atoms with Gasteiger partial charge in [-0.05, 0) is 36.4 Å². The Balaban J connectivity index is 1.86. The van der Waals surface area contributed by atoms with E-state index in [1.165, 1.54) is 24.3 Å². The number of nitro groups is 1. The van der Waals surface area contributed by atoms with Crippen molar-refractivity contribution >= 4 is 35.0 Å². The minimum absolute atomic E-state index is 0.105. The molecule has 0 aliphatic heterocycles. The first kappa shape index (κ1) is 18.9. The highest BCUT2D eigenvalue weighted by Crippen LogP contribution is 2.31. The molecule has 0 spiro atoms. The fraction of sp³-hybridized carbons (Fsp3) is 0. The first-order chi connectivity index (χ1) is 13.5. The number of halogens is 1. The van der Waals surface area contributed by atoms with E-state index in [1.54, 1.807) is 42.5 Å². The summed E-state index contributed by atoms with van der Waals surface area (Å²) in [6.07, 6.45) is 1.26. The molecular weight excluding hydrogens is 382 g/mol. The number of rotatable bonds is 5. The molecule has 0 atom stereocenters. The zero-order valence-electron chi connectivity index (χ0n) is 14.3. The number of nitrogens with zero attached hydrogens (tertiary/aromatic N) is 2. The molecule has 1 aromatic heterocycles. The van der Waals surface area contributed by atoms with Crippen molar-refractivity contribution in [3.05, 3.63) is 87.1 Å². The van der Waals surface area contributed by atoms with Crippen LogP contribution in [0.25, 0.3) is 17.4 Å². The van der Waals surface area contributed by atoms with Crippen LogP contribution in [0, 0.1) is 21.4 Å². The van der Waals surface area contributed by atoms with Crippen molar-refractivity contribution < 1.29 is 14.1 Å². The van der Waals surface area contributed by atoms with Crippen molar-refractivity contribution in [2.24, 2.45) is 0 Å². The molecule has 0 fully saturated rings. The lowest BCUT2D eigenvalue weighted by molar-refractivity contribution is -0.384. The molecule has 1 amide bonds. The van der Waals surface area contributed by atoms with Gasteiger partial charge in [0, 0.05) is 22.9 Å². The lowest BCUT2D eigenvalue weighted by Crippen LogP contribution is -2.13. The van der Waals surface area contributed by atoms with Gasteiger partial charge in [-0.25, -0.2) is 0 Å². The van der Waals surface area contributed by atoms with Crippen molar-refractivity contribution in [3.63, 3.8) is 0 Å². The van der Waals surface area contributed by atoms with Gasteiger partial charge in [0.1, 0.15) is 23.2 Å². The number of nitro benzene ring substituents is 1. The largest absolute Gasteiger partial charge is 0.456 e. The molecular formula is C20H12ClN3O4. The van der Waals surface area contributed by atoms with Gasteiger partial charge < -0.3 is 9.73 Å². The Labute approximate surface area is 164 Å². The number of hydrogen-bond donors (Lipinski definition) is 1. The Kier molecular flexibility index (Phi) is 5.53. The standard InChI is InChI=1S/C20H12ClN3O4/c21-14-4-3-5-15(11-14)23-20(25)13(12-22)10-16-8-9-19(28-16)17-6-1-2-7-18(17)24(26)27/h1-11H,(H,23,25)/b13-10+. The Morgan fingerprint density at radius 3 is 2.68 bits per heavy atom. The van der Waals surface area contributed by atoms with Crippen LogP contribution in [0.4, 0.5) is 11.4 Å². The molecule has 0 aliphatic carbocycles. The molecule has 138 valence electrons. The van der Waals surface area contributed by atoms with Gasteiger partial charge >= 0.3 is 0 Å². The summed E-state index contributed by atoms with van der Waals surface area (Å²) in [5.41, 5.74) is 0.447. The third-order valence-corrected chi connectivity index (χ3v) is 3.96. The van der Waals surface area contributed by atoms with Gasteiger partial charge in [0.2, 0.25) is 0 Å². The Hall–Kier alpha value is -3.89. The molecule has 3 aromatic rings. The topological polar surface area (TPSA) is 109 Å². The predicted octanol–water partition coefficient (Wildman–Crippen LogP) is 5.05. The molecule has 1 N–H and O–H groups in total. The third kappa shape index (κ3) is 4.26. The van der Waals surface area contributed by atoms with E-state index in [0.717, 1.165) is 0 Å². The third-order valence-electron chi connectivity index (χ3n) is 3.73. The Bertz CT molecular complexity index is 1130. The van der Waals surface area contributed by atoms with Crippen LogP contribution in [0.1, 0.15) is 5.76 Å². The van der Waals surface area contributed by atoms with Crippen LogP contribution in [0.3, 0.4) is 0 Å².